The van der Waals surface area contributed by atoms with Crippen LogP contribution in [0.2, 0.25) is 0 Å². The normalized spacial score (nSPS) is 11.7. The third-order valence-corrected chi connectivity index (χ3v) is 2.71. The van der Waals surface area contributed by atoms with Crippen molar-refractivity contribution in [2.24, 2.45) is 0 Å². The molecule has 1 N–H and O–H groups in total. The van der Waals surface area contributed by atoms with E-state index < -0.39 is 16.4 Å². The third-order valence-electron chi connectivity index (χ3n) is 2.71. The van der Waals surface area contributed by atoms with Crippen LogP contribution in [0, 0.1) is 10.1 Å². The maximum absolute atomic E-state index is 11.2. The Morgan fingerprint density at radius 1 is 1.42 bits per heavy atom. The molecule has 0 aliphatic carbocycles. The molecule has 0 amide bonds. The number of non-ortho nitro benzene ring substituents is 1. The molecule has 0 atom stereocenters. The quantitative estimate of drug-likeness (QED) is 0.662. The van der Waals surface area contributed by atoms with E-state index in [-0.39, 0.29) is 11.5 Å². The molecule has 1 heterocycles. The summed E-state index contributed by atoms with van der Waals surface area (Å²) in [5, 5.41) is 19.9. The van der Waals surface area contributed by atoms with Gasteiger partial charge in [0, 0.05) is 17.7 Å². The molecule has 2 aromatic rings. The standard InChI is InChI=1S/C12H13N3O4/c1-12(2,3)14-9-5-4-7(15(18)19)6-8(9)13-10(14)11(16)17/h4-6H,1-3H3,(H,16,17). The predicted octanol–water partition coefficient (Wildman–Crippen LogP) is 2.40. The molecule has 0 aliphatic rings. The van der Waals surface area contributed by atoms with Gasteiger partial charge in [-0.2, -0.15) is 0 Å². The molecule has 0 spiro atoms. The lowest BCUT2D eigenvalue weighted by Gasteiger charge is -2.23. The zero-order valence-corrected chi connectivity index (χ0v) is 10.7. The Hall–Kier alpha value is -2.44. The minimum Gasteiger partial charge on any atom is -0.475 e. The molecule has 0 bridgehead atoms. The Morgan fingerprint density at radius 3 is 2.53 bits per heavy atom. The Labute approximate surface area is 108 Å². The molecule has 0 radical (unpaired) electrons. The van der Waals surface area contributed by atoms with Gasteiger partial charge < -0.3 is 9.67 Å². The summed E-state index contributed by atoms with van der Waals surface area (Å²) < 4.78 is 1.56. The summed E-state index contributed by atoms with van der Waals surface area (Å²) >= 11 is 0. The van der Waals surface area contributed by atoms with Crippen molar-refractivity contribution < 1.29 is 14.8 Å². The van der Waals surface area contributed by atoms with Gasteiger partial charge in [0.2, 0.25) is 5.82 Å². The van der Waals surface area contributed by atoms with Gasteiger partial charge in [-0.1, -0.05) is 0 Å². The van der Waals surface area contributed by atoms with Crippen LogP contribution in [0.4, 0.5) is 5.69 Å². The fourth-order valence-corrected chi connectivity index (χ4v) is 2.00. The number of carboxylic acids is 1. The molecule has 7 heteroatoms. The molecule has 100 valence electrons. The van der Waals surface area contributed by atoms with E-state index in [1.165, 1.54) is 18.2 Å². The van der Waals surface area contributed by atoms with E-state index >= 15 is 0 Å². The average molecular weight is 263 g/mol. The number of nitro benzene ring substituents is 1. The molecule has 0 saturated carbocycles. The largest absolute Gasteiger partial charge is 0.475 e. The molecule has 1 aromatic carbocycles. The lowest BCUT2D eigenvalue weighted by Crippen LogP contribution is -2.26. The number of benzene rings is 1. The van der Waals surface area contributed by atoms with Crippen LogP contribution in [0.1, 0.15) is 31.4 Å². The summed E-state index contributed by atoms with van der Waals surface area (Å²) in [6.07, 6.45) is 0. The fraction of sp³-hybridized carbons (Fsp3) is 0.333. The lowest BCUT2D eigenvalue weighted by atomic mass is 10.1. The van der Waals surface area contributed by atoms with Gasteiger partial charge >= 0.3 is 5.97 Å². The topological polar surface area (TPSA) is 98.3 Å². The van der Waals surface area contributed by atoms with Crippen LogP contribution in [-0.4, -0.2) is 25.6 Å². The van der Waals surface area contributed by atoms with Gasteiger partial charge in [0.25, 0.3) is 5.69 Å². The number of nitrogens with zero attached hydrogens (tertiary/aromatic N) is 3. The van der Waals surface area contributed by atoms with Gasteiger partial charge in [-0.05, 0) is 26.8 Å². The number of aromatic nitrogens is 2. The highest BCUT2D eigenvalue weighted by atomic mass is 16.6. The van der Waals surface area contributed by atoms with Crippen LogP contribution in [-0.2, 0) is 5.54 Å². The number of fused-ring (bicyclic) bond motifs is 1. The van der Waals surface area contributed by atoms with Crippen molar-refractivity contribution >= 4 is 22.7 Å². The van der Waals surface area contributed by atoms with Crippen LogP contribution in [0.3, 0.4) is 0 Å². The zero-order chi connectivity index (χ0) is 14.4. The molecule has 0 fully saturated rings. The number of imidazole rings is 1. The summed E-state index contributed by atoms with van der Waals surface area (Å²) in [5.41, 5.74) is 0.276. The van der Waals surface area contributed by atoms with E-state index in [0.29, 0.717) is 11.0 Å². The van der Waals surface area contributed by atoms with Crippen molar-refractivity contribution in [3.05, 3.63) is 34.1 Å². The summed E-state index contributed by atoms with van der Waals surface area (Å²) in [7, 11) is 0. The van der Waals surface area contributed by atoms with Crippen molar-refractivity contribution in [1.82, 2.24) is 9.55 Å². The smallest absolute Gasteiger partial charge is 0.372 e. The summed E-state index contributed by atoms with van der Waals surface area (Å²) in [4.78, 5) is 25.4. The molecule has 0 aliphatic heterocycles. The Kier molecular flexibility index (Phi) is 2.77. The van der Waals surface area contributed by atoms with Crippen LogP contribution in [0.15, 0.2) is 18.2 Å². The highest BCUT2D eigenvalue weighted by Crippen LogP contribution is 2.27. The van der Waals surface area contributed by atoms with Gasteiger partial charge in [0.1, 0.15) is 0 Å². The number of rotatable bonds is 2. The minimum absolute atomic E-state index is 0.108. The lowest BCUT2D eigenvalue weighted by molar-refractivity contribution is -0.384. The number of carboxylic acid groups (broad SMARTS) is 1. The highest BCUT2D eigenvalue weighted by Gasteiger charge is 2.26. The first kappa shape index (κ1) is 13.0. The van der Waals surface area contributed by atoms with Gasteiger partial charge in [-0.25, -0.2) is 9.78 Å². The first-order chi connectivity index (χ1) is 8.71. The van der Waals surface area contributed by atoms with E-state index in [9.17, 15) is 20.0 Å². The van der Waals surface area contributed by atoms with Crippen LogP contribution >= 0.6 is 0 Å². The average Bonchev–Trinajstić information content (AvgIpc) is 2.66. The summed E-state index contributed by atoms with van der Waals surface area (Å²) in [6, 6.07) is 4.15. The van der Waals surface area contributed by atoms with Gasteiger partial charge in [0.15, 0.2) is 0 Å². The Morgan fingerprint density at radius 2 is 2.05 bits per heavy atom. The van der Waals surface area contributed by atoms with Crippen molar-refractivity contribution in [2.45, 2.75) is 26.3 Å². The molecule has 0 saturated heterocycles. The number of carbonyl (C=O) groups is 1. The second kappa shape index (κ2) is 4.04. The first-order valence-electron chi connectivity index (χ1n) is 5.62. The third kappa shape index (κ3) is 2.14. The van der Waals surface area contributed by atoms with E-state index in [2.05, 4.69) is 4.98 Å². The van der Waals surface area contributed by atoms with Gasteiger partial charge in [-0.15, -0.1) is 0 Å². The van der Waals surface area contributed by atoms with E-state index in [1.54, 1.807) is 4.57 Å². The van der Waals surface area contributed by atoms with Crippen molar-refractivity contribution in [3.8, 4) is 0 Å². The molecule has 0 unspecified atom stereocenters. The molecular weight excluding hydrogens is 250 g/mol. The van der Waals surface area contributed by atoms with E-state index in [4.69, 9.17) is 0 Å². The second-order valence-corrected chi connectivity index (χ2v) is 5.18. The summed E-state index contributed by atoms with van der Waals surface area (Å²) in [6.45, 7) is 5.55. The number of aromatic carboxylic acids is 1. The number of hydrogen-bond donors (Lipinski definition) is 1. The van der Waals surface area contributed by atoms with Crippen LogP contribution in [0.25, 0.3) is 11.0 Å². The second-order valence-electron chi connectivity index (χ2n) is 5.18. The van der Waals surface area contributed by atoms with E-state index in [0.717, 1.165) is 0 Å². The number of hydrogen-bond acceptors (Lipinski definition) is 4. The van der Waals surface area contributed by atoms with E-state index in [1.807, 2.05) is 20.8 Å². The molecular formula is C12H13N3O4. The first-order valence-corrected chi connectivity index (χ1v) is 5.62. The molecule has 2 rings (SSSR count). The molecule has 1 aromatic heterocycles. The van der Waals surface area contributed by atoms with Crippen molar-refractivity contribution in [1.29, 1.82) is 0 Å². The van der Waals surface area contributed by atoms with Crippen LogP contribution in [0.5, 0.6) is 0 Å². The SMILES string of the molecule is CC(C)(C)n1c(C(=O)O)nc2cc([N+](=O)[O-])ccc21. The van der Waals surface area contributed by atoms with Gasteiger partial charge in [0.05, 0.1) is 16.0 Å². The van der Waals surface area contributed by atoms with Crippen LogP contribution < -0.4 is 0 Å². The summed E-state index contributed by atoms with van der Waals surface area (Å²) in [5.74, 6) is -1.28. The predicted molar refractivity (Wildman–Crippen MR) is 68.3 cm³/mol. The fourth-order valence-electron chi connectivity index (χ4n) is 2.00. The zero-order valence-electron chi connectivity index (χ0n) is 10.7. The maximum atomic E-state index is 11.2. The number of nitro groups is 1. The monoisotopic (exact) mass is 263 g/mol. The highest BCUT2D eigenvalue weighted by molar-refractivity contribution is 5.90. The van der Waals surface area contributed by atoms with Crippen molar-refractivity contribution in [3.63, 3.8) is 0 Å². The minimum atomic E-state index is -1.16. The van der Waals surface area contributed by atoms with Gasteiger partial charge in [-0.3, -0.25) is 10.1 Å². The Bertz CT molecular complexity index is 682. The maximum Gasteiger partial charge on any atom is 0.372 e. The molecule has 19 heavy (non-hydrogen) atoms. The molecule has 7 nitrogen and oxygen atoms in total. The Balaban J connectivity index is 2.81. The van der Waals surface area contributed by atoms with Crippen molar-refractivity contribution in [2.75, 3.05) is 0 Å².